The minimum Gasteiger partial charge on any atom is -0.374 e. The van der Waals surface area contributed by atoms with E-state index in [1.165, 1.54) is 0 Å². The van der Waals surface area contributed by atoms with Gasteiger partial charge in [0.15, 0.2) is 0 Å². The summed E-state index contributed by atoms with van der Waals surface area (Å²) in [6.07, 6.45) is 1.97. The van der Waals surface area contributed by atoms with Gasteiger partial charge in [-0.25, -0.2) is 0 Å². The van der Waals surface area contributed by atoms with E-state index in [4.69, 9.17) is 4.74 Å². The van der Waals surface area contributed by atoms with Crippen LogP contribution in [0.3, 0.4) is 0 Å². The van der Waals surface area contributed by atoms with E-state index < -0.39 is 0 Å². The third-order valence-corrected chi connectivity index (χ3v) is 4.45. The van der Waals surface area contributed by atoms with Gasteiger partial charge in [0.1, 0.15) is 0 Å². The molecule has 2 atom stereocenters. The van der Waals surface area contributed by atoms with Crippen molar-refractivity contribution in [1.29, 1.82) is 0 Å². The molecule has 4 nitrogen and oxygen atoms in total. The Balaban J connectivity index is 2.33. The predicted molar refractivity (Wildman–Crippen MR) is 83.3 cm³/mol. The summed E-state index contributed by atoms with van der Waals surface area (Å²) in [5.74, 6) is 0. The third-order valence-electron chi connectivity index (χ3n) is 3.38. The van der Waals surface area contributed by atoms with E-state index in [0.717, 1.165) is 40.9 Å². The molecule has 2 rings (SSSR count). The van der Waals surface area contributed by atoms with Crippen molar-refractivity contribution in [3.8, 4) is 0 Å². The summed E-state index contributed by atoms with van der Waals surface area (Å²) < 4.78 is 7.93. The molecule has 19 heavy (non-hydrogen) atoms. The van der Waals surface area contributed by atoms with Crippen molar-refractivity contribution in [2.45, 2.75) is 19.1 Å². The van der Waals surface area contributed by atoms with Crippen LogP contribution in [0.1, 0.15) is 18.7 Å². The molecule has 1 aliphatic rings. The van der Waals surface area contributed by atoms with Gasteiger partial charge in [-0.15, -0.1) is 0 Å². The second-order valence-electron chi connectivity index (χ2n) is 4.56. The molecule has 2 heterocycles. The number of nitrogens with zero attached hydrogens (tertiary/aromatic N) is 2. The highest BCUT2D eigenvalue weighted by Crippen LogP contribution is 2.33. The maximum atomic E-state index is 5.93. The molecule has 1 aromatic heterocycles. The van der Waals surface area contributed by atoms with Gasteiger partial charge < -0.3 is 10.1 Å². The Morgan fingerprint density at radius 3 is 2.95 bits per heavy atom. The van der Waals surface area contributed by atoms with Gasteiger partial charge in [-0.1, -0.05) is 6.92 Å². The number of morpholine rings is 1. The number of pyridine rings is 1. The molecule has 0 radical (unpaired) electrons. The van der Waals surface area contributed by atoms with Crippen molar-refractivity contribution in [2.75, 3.05) is 33.3 Å². The largest absolute Gasteiger partial charge is 0.374 e. The molecule has 1 fully saturated rings. The first-order chi connectivity index (χ1) is 9.17. The number of nitrogens with one attached hydrogen (secondary N) is 1. The van der Waals surface area contributed by atoms with Gasteiger partial charge in [-0.3, -0.25) is 9.88 Å². The smallest absolute Gasteiger partial charge is 0.0912 e. The van der Waals surface area contributed by atoms with Crippen LogP contribution in [0.5, 0.6) is 0 Å². The van der Waals surface area contributed by atoms with Gasteiger partial charge in [-0.05, 0) is 51.5 Å². The molecule has 0 aliphatic carbocycles. The lowest BCUT2D eigenvalue weighted by molar-refractivity contribution is -0.0702. The van der Waals surface area contributed by atoms with Crippen molar-refractivity contribution in [2.24, 2.45) is 0 Å². The van der Waals surface area contributed by atoms with E-state index >= 15 is 0 Å². The molecule has 0 aromatic carbocycles. The fourth-order valence-corrected chi connectivity index (χ4v) is 3.73. The zero-order valence-corrected chi connectivity index (χ0v) is 14.4. The molecule has 0 amide bonds. The zero-order chi connectivity index (χ0) is 13.8. The van der Waals surface area contributed by atoms with Crippen LogP contribution in [0.4, 0.5) is 0 Å². The highest BCUT2D eigenvalue weighted by atomic mass is 79.9. The average Bonchev–Trinajstić information content (AvgIpc) is 2.39. The van der Waals surface area contributed by atoms with Crippen LogP contribution in [0, 0.1) is 0 Å². The van der Waals surface area contributed by atoms with Crippen molar-refractivity contribution < 1.29 is 4.74 Å². The summed E-state index contributed by atoms with van der Waals surface area (Å²) in [5, 5.41) is 3.21. The Kier molecular flexibility index (Phi) is 5.77. The molecular weight excluding hydrogens is 374 g/mol. The number of hydrogen-bond acceptors (Lipinski definition) is 4. The van der Waals surface area contributed by atoms with E-state index in [0.29, 0.717) is 0 Å². The van der Waals surface area contributed by atoms with Crippen molar-refractivity contribution in [3.63, 3.8) is 0 Å². The van der Waals surface area contributed by atoms with Crippen LogP contribution in [0.25, 0.3) is 0 Å². The maximum absolute atomic E-state index is 5.93. The third kappa shape index (κ3) is 3.55. The van der Waals surface area contributed by atoms with Gasteiger partial charge in [0.25, 0.3) is 0 Å². The molecular formula is C13H19Br2N3O. The van der Waals surface area contributed by atoms with Crippen LogP contribution >= 0.6 is 31.9 Å². The first kappa shape index (κ1) is 15.4. The van der Waals surface area contributed by atoms with Gasteiger partial charge >= 0.3 is 0 Å². The lowest BCUT2D eigenvalue weighted by Gasteiger charge is -2.40. The number of hydrogen-bond donors (Lipinski definition) is 1. The molecule has 6 heteroatoms. The summed E-state index contributed by atoms with van der Waals surface area (Å²) in [6.45, 7) is 5.74. The molecule has 1 saturated heterocycles. The quantitative estimate of drug-likeness (QED) is 0.854. The van der Waals surface area contributed by atoms with E-state index in [-0.39, 0.29) is 12.1 Å². The lowest BCUT2D eigenvalue weighted by Crippen LogP contribution is -2.49. The predicted octanol–water partition coefficient (Wildman–Crippen LogP) is 2.59. The van der Waals surface area contributed by atoms with Gasteiger partial charge in [0, 0.05) is 28.2 Å². The Morgan fingerprint density at radius 1 is 1.53 bits per heavy atom. The summed E-state index contributed by atoms with van der Waals surface area (Å²) in [4.78, 5) is 7.01. The molecule has 1 N–H and O–H groups in total. The second kappa shape index (κ2) is 7.13. The Morgan fingerprint density at radius 2 is 2.32 bits per heavy atom. The SMILES string of the molecule is CCN1CCOC(CNC)C1c1ncc(Br)cc1Br. The van der Waals surface area contributed by atoms with Crippen LogP contribution in [-0.4, -0.2) is 49.3 Å². The van der Waals surface area contributed by atoms with E-state index in [9.17, 15) is 0 Å². The van der Waals surface area contributed by atoms with Crippen molar-refractivity contribution in [3.05, 3.63) is 26.9 Å². The molecule has 1 aliphatic heterocycles. The summed E-state index contributed by atoms with van der Waals surface area (Å²) in [6, 6.07) is 2.23. The van der Waals surface area contributed by atoms with E-state index in [1.54, 1.807) is 0 Å². The number of aromatic nitrogens is 1. The Hall–Kier alpha value is -0.0100. The maximum Gasteiger partial charge on any atom is 0.0912 e. The zero-order valence-electron chi connectivity index (χ0n) is 11.2. The fraction of sp³-hybridized carbons (Fsp3) is 0.615. The van der Waals surface area contributed by atoms with Crippen molar-refractivity contribution >= 4 is 31.9 Å². The minimum absolute atomic E-state index is 0.128. The van der Waals surface area contributed by atoms with Crippen molar-refractivity contribution in [1.82, 2.24) is 15.2 Å². The monoisotopic (exact) mass is 391 g/mol. The van der Waals surface area contributed by atoms with Crippen LogP contribution in [-0.2, 0) is 4.74 Å². The van der Waals surface area contributed by atoms with Gasteiger partial charge in [0.05, 0.1) is 24.4 Å². The van der Waals surface area contributed by atoms with E-state index in [2.05, 4.69) is 54.0 Å². The second-order valence-corrected chi connectivity index (χ2v) is 6.33. The first-order valence-corrected chi connectivity index (χ1v) is 8.07. The van der Waals surface area contributed by atoms with Crippen LogP contribution < -0.4 is 5.32 Å². The molecule has 0 spiro atoms. The van der Waals surface area contributed by atoms with E-state index in [1.807, 2.05) is 19.3 Å². The number of ether oxygens (including phenoxy) is 1. The molecule has 106 valence electrons. The lowest BCUT2D eigenvalue weighted by atomic mass is 10.0. The van der Waals surface area contributed by atoms with Gasteiger partial charge in [0.2, 0.25) is 0 Å². The standard InChI is InChI=1S/C13H19Br2N3O/c1-3-18-4-5-19-11(8-16-2)13(18)12-10(15)6-9(14)7-17-12/h6-7,11,13,16H,3-5,8H2,1-2H3. The first-order valence-electron chi connectivity index (χ1n) is 6.48. The molecule has 1 aromatic rings. The highest BCUT2D eigenvalue weighted by Gasteiger charge is 2.34. The number of rotatable bonds is 4. The fourth-order valence-electron chi connectivity index (χ4n) is 2.51. The molecule has 2 unspecified atom stereocenters. The summed E-state index contributed by atoms with van der Waals surface area (Å²) in [5.41, 5.74) is 1.05. The minimum atomic E-state index is 0.128. The van der Waals surface area contributed by atoms with Crippen LogP contribution in [0.15, 0.2) is 21.2 Å². The van der Waals surface area contributed by atoms with Gasteiger partial charge in [-0.2, -0.15) is 0 Å². The summed E-state index contributed by atoms with van der Waals surface area (Å²) >= 11 is 7.07. The number of likely N-dealkylation sites (N-methyl/N-ethyl adjacent to an activating group) is 2. The number of halogens is 2. The summed E-state index contributed by atoms with van der Waals surface area (Å²) in [7, 11) is 1.95. The molecule has 0 saturated carbocycles. The normalized spacial score (nSPS) is 24.6. The highest BCUT2D eigenvalue weighted by molar-refractivity contribution is 9.11. The Labute approximate surface area is 131 Å². The molecule has 0 bridgehead atoms. The topological polar surface area (TPSA) is 37.4 Å². The average molecular weight is 393 g/mol. The van der Waals surface area contributed by atoms with Crippen LogP contribution in [0.2, 0.25) is 0 Å². The Bertz CT molecular complexity index is 428.